The standard InChI is InChI=1S/C25H30N4O2/c30-25(21-4-1-2-5-21)27-24-11-14-26-29(24)22-12-15-28(16-13-22)18-19-7-9-20(10-8-19)23-6-3-17-31-23/h3,6-11,14,17,21-22H,1-2,4-5,12-13,15-16,18H2,(H,27,30). The van der Waals surface area contributed by atoms with Crippen molar-refractivity contribution in [2.75, 3.05) is 18.4 Å². The number of furan rings is 1. The van der Waals surface area contributed by atoms with Crippen LogP contribution in [0.4, 0.5) is 5.82 Å². The third kappa shape index (κ3) is 4.59. The molecule has 1 saturated carbocycles. The molecule has 1 aliphatic carbocycles. The molecule has 2 aliphatic rings. The molecule has 3 aromatic rings. The summed E-state index contributed by atoms with van der Waals surface area (Å²) in [5, 5.41) is 7.68. The molecule has 162 valence electrons. The lowest BCUT2D eigenvalue weighted by atomic mass is 10.0. The van der Waals surface area contributed by atoms with Crippen molar-refractivity contribution >= 4 is 11.7 Å². The summed E-state index contributed by atoms with van der Waals surface area (Å²) < 4.78 is 7.50. The fourth-order valence-corrected chi connectivity index (χ4v) is 4.92. The first-order valence-electron chi connectivity index (χ1n) is 11.5. The predicted octanol–water partition coefficient (Wildman–Crippen LogP) is 5.11. The molecule has 0 atom stereocenters. The van der Waals surface area contributed by atoms with Gasteiger partial charge < -0.3 is 9.73 Å². The molecule has 0 radical (unpaired) electrons. The number of aromatic nitrogens is 2. The van der Waals surface area contributed by atoms with Crippen molar-refractivity contribution in [3.8, 4) is 11.3 Å². The maximum absolute atomic E-state index is 12.5. The van der Waals surface area contributed by atoms with Crippen LogP contribution in [0, 0.1) is 5.92 Å². The Hall–Kier alpha value is -2.86. The van der Waals surface area contributed by atoms with E-state index in [0.29, 0.717) is 6.04 Å². The van der Waals surface area contributed by atoms with Crippen molar-refractivity contribution in [2.45, 2.75) is 51.1 Å². The van der Waals surface area contributed by atoms with Gasteiger partial charge in [0.1, 0.15) is 11.6 Å². The molecule has 1 amide bonds. The second-order valence-corrected chi connectivity index (χ2v) is 8.81. The Morgan fingerprint density at radius 3 is 2.52 bits per heavy atom. The van der Waals surface area contributed by atoms with Crippen molar-refractivity contribution in [3.63, 3.8) is 0 Å². The Bertz CT molecular complexity index is 979. The SMILES string of the molecule is O=C(Nc1ccnn1C1CCN(Cc2ccc(-c3ccco3)cc2)CC1)C1CCCC1. The summed E-state index contributed by atoms with van der Waals surface area (Å²) in [6, 6.07) is 14.8. The molecule has 1 aromatic carbocycles. The normalized spacial score (nSPS) is 18.5. The molecule has 2 aromatic heterocycles. The molecular weight excluding hydrogens is 388 g/mol. The number of nitrogens with one attached hydrogen (secondary N) is 1. The molecule has 2 fully saturated rings. The number of benzene rings is 1. The maximum atomic E-state index is 12.5. The maximum Gasteiger partial charge on any atom is 0.228 e. The number of hydrogen-bond donors (Lipinski definition) is 1. The average molecular weight is 419 g/mol. The first-order chi connectivity index (χ1) is 15.3. The van der Waals surface area contributed by atoms with E-state index in [0.717, 1.165) is 62.5 Å². The minimum atomic E-state index is 0.162. The van der Waals surface area contributed by atoms with Gasteiger partial charge in [0.25, 0.3) is 0 Å². The Labute approximate surface area is 183 Å². The van der Waals surface area contributed by atoms with Gasteiger partial charge in [0.15, 0.2) is 0 Å². The number of rotatable bonds is 6. The average Bonchev–Trinajstić information content (AvgIpc) is 3.57. The van der Waals surface area contributed by atoms with Crippen LogP contribution in [0.25, 0.3) is 11.3 Å². The van der Waals surface area contributed by atoms with Crippen LogP contribution in [0.15, 0.2) is 59.3 Å². The highest BCUT2D eigenvalue weighted by atomic mass is 16.3. The number of piperidine rings is 1. The summed E-state index contributed by atoms with van der Waals surface area (Å²) >= 11 is 0. The van der Waals surface area contributed by atoms with E-state index in [1.54, 1.807) is 12.5 Å². The van der Waals surface area contributed by atoms with E-state index >= 15 is 0 Å². The van der Waals surface area contributed by atoms with Crippen LogP contribution in [-0.2, 0) is 11.3 Å². The fraction of sp³-hybridized carbons (Fsp3) is 0.440. The molecule has 31 heavy (non-hydrogen) atoms. The van der Waals surface area contributed by atoms with Gasteiger partial charge in [0.05, 0.1) is 18.5 Å². The molecule has 6 heteroatoms. The Morgan fingerprint density at radius 1 is 1.03 bits per heavy atom. The van der Waals surface area contributed by atoms with Crippen molar-refractivity contribution in [3.05, 3.63) is 60.5 Å². The lowest BCUT2D eigenvalue weighted by Gasteiger charge is -2.32. The molecule has 1 saturated heterocycles. The summed E-state index contributed by atoms with van der Waals surface area (Å²) in [5.41, 5.74) is 2.43. The summed E-state index contributed by atoms with van der Waals surface area (Å²) in [6.45, 7) is 3.01. The van der Waals surface area contributed by atoms with Gasteiger partial charge in [-0.3, -0.25) is 9.69 Å². The fourth-order valence-electron chi connectivity index (χ4n) is 4.92. The zero-order chi connectivity index (χ0) is 21.0. The van der Waals surface area contributed by atoms with Gasteiger partial charge in [0, 0.05) is 37.2 Å². The van der Waals surface area contributed by atoms with Gasteiger partial charge in [-0.1, -0.05) is 37.1 Å². The van der Waals surface area contributed by atoms with Crippen molar-refractivity contribution in [1.29, 1.82) is 0 Å². The number of amides is 1. The lowest BCUT2D eigenvalue weighted by Crippen LogP contribution is -2.35. The van der Waals surface area contributed by atoms with Crippen molar-refractivity contribution in [1.82, 2.24) is 14.7 Å². The van der Waals surface area contributed by atoms with Gasteiger partial charge >= 0.3 is 0 Å². The molecule has 0 bridgehead atoms. The summed E-state index contributed by atoms with van der Waals surface area (Å²) in [7, 11) is 0. The van der Waals surface area contributed by atoms with E-state index in [1.165, 1.54) is 18.4 Å². The zero-order valence-electron chi connectivity index (χ0n) is 17.9. The number of anilines is 1. The minimum absolute atomic E-state index is 0.162. The van der Waals surface area contributed by atoms with E-state index in [1.807, 2.05) is 22.9 Å². The largest absolute Gasteiger partial charge is 0.464 e. The van der Waals surface area contributed by atoms with Crippen LogP contribution in [0.3, 0.4) is 0 Å². The predicted molar refractivity (Wildman–Crippen MR) is 121 cm³/mol. The number of carbonyl (C=O) groups is 1. The van der Waals surface area contributed by atoms with E-state index in [9.17, 15) is 4.79 Å². The summed E-state index contributed by atoms with van der Waals surface area (Å²) in [4.78, 5) is 15.0. The molecule has 1 N–H and O–H groups in total. The Morgan fingerprint density at radius 2 is 1.81 bits per heavy atom. The second kappa shape index (κ2) is 9.10. The summed E-state index contributed by atoms with van der Waals surface area (Å²) in [6.07, 6.45) is 9.96. The Kier molecular flexibility index (Phi) is 5.89. The van der Waals surface area contributed by atoms with Crippen molar-refractivity contribution in [2.24, 2.45) is 5.92 Å². The quantitative estimate of drug-likeness (QED) is 0.604. The number of hydrogen-bond acceptors (Lipinski definition) is 4. The topological polar surface area (TPSA) is 63.3 Å². The molecule has 3 heterocycles. The Balaban J connectivity index is 1.15. The number of carbonyl (C=O) groups excluding carboxylic acids is 1. The number of nitrogens with zero attached hydrogens (tertiary/aromatic N) is 3. The third-order valence-electron chi connectivity index (χ3n) is 6.72. The van der Waals surface area contributed by atoms with Crippen LogP contribution in [-0.4, -0.2) is 33.7 Å². The van der Waals surface area contributed by atoms with Crippen molar-refractivity contribution < 1.29 is 9.21 Å². The molecule has 5 rings (SSSR count). The van der Waals surface area contributed by atoms with E-state index in [4.69, 9.17) is 4.42 Å². The van der Waals surface area contributed by atoms with E-state index < -0.39 is 0 Å². The molecular formula is C25H30N4O2. The molecule has 6 nitrogen and oxygen atoms in total. The number of likely N-dealkylation sites (tertiary alicyclic amines) is 1. The summed E-state index contributed by atoms with van der Waals surface area (Å²) in [5.74, 6) is 2.09. The van der Waals surface area contributed by atoms with Crippen LogP contribution in [0.2, 0.25) is 0 Å². The lowest BCUT2D eigenvalue weighted by molar-refractivity contribution is -0.119. The van der Waals surface area contributed by atoms with Gasteiger partial charge in [0.2, 0.25) is 5.91 Å². The smallest absolute Gasteiger partial charge is 0.228 e. The third-order valence-corrected chi connectivity index (χ3v) is 6.72. The highest BCUT2D eigenvalue weighted by Gasteiger charge is 2.26. The molecule has 0 spiro atoms. The first-order valence-corrected chi connectivity index (χ1v) is 11.5. The highest BCUT2D eigenvalue weighted by molar-refractivity contribution is 5.91. The minimum Gasteiger partial charge on any atom is -0.464 e. The van der Waals surface area contributed by atoms with Crippen LogP contribution < -0.4 is 5.32 Å². The van der Waals surface area contributed by atoms with E-state index in [2.05, 4.69) is 39.6 Å². The van der Waals surface area contributed by atoms with Gasteiger partial charge in [-0.15, -0.1) is 0 Å². The first kappa shape index (κ1) is 20.1. The second-order valence-electron chi connectivity index (χ2n) is 8.81. The molecule has 0 unspecified atom stereocenters. The van der Waals surface area contributed by atoms with Gasteiger partial charge in [-0.2, -0.15) is 5.10 Å². The van der Waals surface area contributed by atoms with Crippen LogP contribution in [0.5, 0.6) is 0 Å². The molecule has 1 aliphatic heterocycles. The van der Waals surface area contributed by atoms with Crippen LogP contribution >= 0.6 is 0 Å². The van der Waals surface area contributed by atoms with Crippen LogP contribution in [0.1, 0.15) is 50.1 Å². The zero-order valence-corrected chi connectivity index (χ0v) is 17.9. The monoisotopic (exact) mass is 418 g/mol. The van der Waals surface area contributed by atoms with Gasteiger partial charge in [-0.25, -0.2) is 4.68 Å². The van der Waals surface area contributed by atoms with E-state index in [-0.39, 0.29) is 11.8 Å². The highest BCUT2D eigenvalue weighted by Crippen LogP contribution is 2.29. The van der Waals surface area contributed by atoms with Gasteiger partial charge in [-0.05, 0) is 43.4 Å².